The van der Waals surface area contributed by atoms with Gasteiger partial charge in [0.2, 0.25) is 0 Å². The predicted octanol–water partition coefficient (Wildman–Crippen LogP) is 4.43. The van der Waals surface area contributed by atoms with Crippen LogP contribution in [0.15, 0.2) is 24.3 Å². The molecule has 0 aromatic heterocycles. The molecule has 0 aliphatic heterocycles. The van der Waals surface area contributed by atoms with E-state index in [1.54, 1.807) is 0 Å². The molecule has 16 heavy (non-hydrogen) atoms. The van der Waals surface area contributed by atoms with Gasteiger partial charge in [0.25, 0.3) is 0 Å². The van der Waals surface area contributed by atoms with Gasteiger partial charge in [-0.1, -0.05) is 44.5 Å². The zero-order valence-electron chi connectivity index (χ0n) is 10.5. The fraction of sp³-hybridized carbons (Fsp3) is 0.571. The van der Waals surface area contributed by atoms with E-state index in [1.165, 1.54) is 12.0 Å². The summed E-state index contributed by atoms with van der Waals surface area (Å²) < 4.78 is 0. The van der Waals surface area contributed by atoms with Crippen LogP contribution in [0.1, 0.15) is 45.2 Å². The van der Waals surface area contributed by atoms with E-state index in [1.807, 2.05) is 12.1 Å². The summed E-state index contributed by atoms with van der Waals surface area (Å²) in [6, 6.07) is 8.60. The minimum Gasteiger partial charge on any atom is -0.310 e. The first-order valence-corrected chi connectivity index (χ1v) is 6.50. The predicted molar refractivity (Wildman–Crippen MR) is 71.9 cm³/mol. The van der Waals surface area contributed by atoms with Gasteiger partial charge >= 0.3 is 0 Å². The Hall–Kier alpha value is -0.530. The molecule has 0 radical (unpaired) electrons. The first-order chi connectivity index (χ1) is 7.63. The summed E-state index contributed by atoms with van der Waals surface area (Å²) in [6.45, 7) is 7.80. The normalized spacial score (nSPS) is 13.1. The summed E-state index contributed by atoms with van der Waals surface area (Å²) in [5.41, 5.74) is 1.33. The van der Waals surface area contributed by atoms with Crippen molar-refractivity contribution in [3.8, 4) is 0 Å². The van der Waals surface area contributed by atoms with Crippen molar-refractivity contribution in [2.75, 3.05) is 6.54 Å². The molecule has 0 aliphatic rings. The Morgan fingerprint density at radius 1 is 1.19 bits per heavy atom. The first-order valence-electron chi connectivity index (χ1n) is 6.12. The molecule has 0 heterocycles. The highest BCUT2D eigenvalue weighted by molar-refractivity contribution is 6.30. The van der Waals surface area contributed by atoms with Crippen LogP contribution in [-0.2, 0) is 0 Å². The van der Waals surface area contributed by atoms with Gasteiger partial charge < -0.3 is 5.32 Å². The van der Waals surface area contributed by atoms with Crippen LogP contribution in [0.25, 0.3) is 0 Å². The van der Waals surface area contributed by atoms with Crippen LogP contribution in [0, 0.1) is 5.92 Å². The lowest BCUT2D eigenvalue weighted by atomic mass is 10.0. The van der Waals surface area contributed by atoms with Gasteiger partial charge in [-0.15, -0.1) is 0 Å². The number of hydrogen-bond acceptors (Lipinski definition) is 1. The maximum Gasteiger partial charge on any atom is 0.0406 e. The quantitative estimate of drug-likeness (QED) is 0.775. The highest BCUT2D eigenvalue weighted by atomic mass is 35.5. The minimum absolute atomic E-state index is 0.455. The van der Waals surface area contributed by atoms with Crippen molar-refractivity contribution in [3.63, 3.8) is 0 Å². The molecule has 1 aromatic rings. The summed E-state index contributed by atoms with van der Waals surface area (Å²) in [5.74, 6) is 0.759. The molecule has 1 atom stereocenters. The van der Waals surface area contributed by atoms with E-state index in [0.29, 0.717) is 6.04 Å². The van der Waals surface area contributed by atoms with E-state index >= 15 is 0 Å². The Morgan fingerprint density at radius 3 is 2.31 bits per heavy atom. The zero-order chi connectivity index (χ0) is 12.0. The number of benzene rings is 1. The Kier molecular flexibility index (Phi) is 5.86. The molecule has 1 nitrogen and oxygen atoms in total. The van der Waals surface area contributed by atoms with Gasteiger partial charge in [0.05, 0.1) is 0 Å². The minimum atomic E-state index is 0.455. The van der Waals surface area contributed by atoms with Crippen molar-refractivity contribution in [2.24, 2.45) is 5.92 Å². The fourth-order valence-electron chi connectivity index (χ4n) is 1.74. The molecule has 0 saturated heterocycles. The van der Waals surface area contributed by atoms with Gasteiger partial charge in [0.15, 0.2) is 0 Å². The molecular formula is C14H22ClN. The molecule has 0 spiro atoms. The summed E-state index contributed by atoms with van der Waals surface area (Å²) >= 11 is 5.89. The average molecular weight is 240 g/mol. The van der Waals surface area contributed by atoms with Gasteiger partial charge in [-0.05, 0) is 43.0 Å². The van der Waals surface area contributed by atoms with E-state index in [-0.39, 0.29) is 0 Å². The molecule has 0 aliphatic carbocycles. The number of nitrogens with one attached hydrogen (secondary N) is 1. The van der Waals surface area contributed by atoms with Crippen LogP contribution in [-0.4, -0.2) is 6.54 Å². The largest absolute Gasteiger partial charge is 0.310 e. The summed E-state index contributed by atoms with van der Waals surface area (Å²) in [5, 5.41) is 4.40. The van der Waals surface area contributed by atoms with E-state index < -0.39 is 0 Å². The monoisotopic (exact) mass is 239 g/mol. The van der Waals surface area contributed by atoms with Crippen molar-refractivity contribution in [1.29, 1.82) is 0 Å². The lowest BCUT2D eigenvalue weighted by molar-refractivity contribution is 0.470. The van der Waals surface area contributed by atoms with Gasteiger partial charge in [-0.2, -0.15) is 0 Å². The molecule has 1 rings (SSSR count). The van der Waals surface area contributed by atoms with E-state index in [0.717, 1.165) is 23.9 Å². The Labute approximate surface area is 104 Å². The first kappa shape index (κ1) is 13.5. The van der Waals surface area contributed by atoms with Crippen LogP contribution < -0.4 is 5.32 Å². The summed E-state index contributed by atoms with van der Waals surface area (Å²) in [6.07, 6.45) is 2.34. The van der Waals surface area contributed by atoms with Crippen molar-refractivity contribution in [2.45, 2.75) is 39.7 Å². The van der Waals surface area contributed by atoms with Gasteiger partial charge in [-0.3, -0.25) is 0 Å². The lowest BCUT2D eigenvalue weighted by Gasteiger charge is -2.18. The molecule has 0 bridgehead atoms. The second-order valence-corrected chi connectivity index (χ2v) is 5.09. The standard InChI is InChI=1S/C14H22ClN/c1-4-14(16-10-9-11(2)3)12-5-7-13(15)8-6-12/h5-8,11,14,16H,4,9-10H2,1-3H3. The molecule has 0 amide bonds. The topological polar surface area (TPSA) is 12.0 Å². The molecule has 2 heteroatoms. The lowest BCUT2D eigenvalue weighted by Crippen LogP contribution is -2.22. The number of rotatable bonds is 6. The fourth-order valence-corrected chi connectivity index (χ4v) is 1.87. The summed E-state index contributed by atoms with van der Waals surface area (Å²) in [7, 11) is 0. The molecule has 1 N–H and O–H groups in total. The third kappa shape index (κ3) is 4.54. The van der Waals surface area contributed by atoms with Crippen molar-refractivity contribution >= 4 is 11.6 Å². The van der Waals surface area contributed by atoms with Crippen LogP contribution in [0.3, 0.4) is 0 Å². The van der Waals surface area contributed by atoms with Crippen molar-refractivity contribution in [3.05, 3.63) is 34.9 Å². The molecular weight excluding hydrogens is 218 g/mol. The Morgan fingerprint density at radius 2 is 1.81 bits per heavy atom. The van der Waals surface area contributed by atoms with Crippen molar-refractivity contribution < 1.29 is 0 Å². The third-order valence-corrected chi connectivity index (χ3v) is 3.05. The molecule has 90 valence electrons. The second-order valence-electron chi connectivity index (χ2n) is 4.65. The molecule has 0 fully saturated rings. The van der Waals surface area contributed by atoms with Gasteiger partial charge in [0.1, 0.15) is 0 Å². The summed E-state index contributed by atoms with van der Waals surface area (Å²) in [4.78, 5) is 0. The molecule has 0 saturated carbocycles. The average Bonchev–Trinajstić information content (AvgIpc) is 2.26. The second kappa shape index (κ2) is 6.93. The third-order valence-electron chi connectivity index (χ3n) is 2.79. The molecule has 1 unspecified atom stereocenters. The SMILES string of the molecule is CCC(NCCC(C)C)c1ccc(Cl)cc1. The molecule has 1 aromatic carbocycles. The van der Waals surface area contributed by atoms with Crippen LogP contribution >= 0.6 is 11.6 Å². The van der Waals surface area contributed by atoms with Crippen LogP contribution in [0.4, 0.5) is 0 Å². The highest BCUT2D eigenvalue weighted by Crippen LogP contribution is 2.19. The zero-order valence-corrected chi connectivity index (χ0v) is 11.2. The maximum atomic E-state index is 5.89. The van der Waals surface area contributed by atoms with E-state index in [9.17, 15) is 0 Å². The highest BCUT2D eigenvalue weighted by Gasteiger charge is 2.08. The van der Waals surface area contributed by atoms with Gasteiger partial charge in [0, 0.05) is 11.1 Å². The maximum absolute atomic E-state index is 5.89. The van der Waals surface area contributed by atoms with E-state index in [2.05, 4.69) is 38.2 Å². The smallest absolute Gasteiger partial charge is 0.0406 e. The van der Waals surface area contributed by atoms with Crippen LogP contribution in [0.5, 0.6) is 0 Å². The number of hydrogen-bond donors (Lipinski definition) is 1. The van der Waals surface area contributed by atoms with E-state index in [4.69, 9.17) is 11.6 Å². The van der Waals surface area contributed by atoms with Crippen molar-refractivity contribution in [1.82, 2.24) is 5.32 Å². The Balaban J connectivity index is 2.50. The Bertz CT molecular complexity index is 292. The van der Waals surface area contributed by atoms with Gasteiger partial charge in [-0.25, -0.2) is 0 Å². The number of halogens is 1. The van der Waals surface area contributed by atoms with Crippen LogP contribution in [0.2, 0.25) is 5.02 Å².